The van der Waals surface area contributed by atoms with Crippen molar-refractivity contribution in [1.82, 2.24) is 5.32 Å². The van der Waals surface area contributed by atoms with Crippen LogP contribution in [0.1, 0.15) is 25.0 Å². The zero-order chi connectivity index (χ0) is 16.7. The van der Waals surface area contributed by atoms with E-state index < -0.39 is 0 Å². The molecule has 0 unspecified atom stereocenters. The van der Waals surface area contributed by atoms with Crippen molar-refractivity contribution < 1.29 is 14.2 Å². The van der Waals surface area contributed by atoms with Gasteiger partial charge in [0.2, 0.25) is 0 Å². The maximum Gasteiger partial charge on any atom is 0.161 e. The summed E-state index contributed by atoms with van der Waals surface area (Å²) in [5, 5.41) is 3.43. The zero-order valence-corrected chi connectivity index (χ0v) is 14.3. The predicted octanol–water partition coefficient (Wildman–Crippen LogP) is 3.78. The van der Waals surface area contributed by atoms with E-state index in [2.05, 4.69) is 17.4 Å². The van der Waals surface area contributed by atoms with Crippen molar-refractivity contribution in [2.75, 3.05) is 14.2 Å². The highest BCUT2D eigenvalue weighted by molar-refractivity contribution is 5.42. The Morgan fingerprint density at radius 3 is 2.04 bits per heavy atom. The number of methoxy groups -OCH3 is 2. The first kappa shape index (κ1) is 17.2. The molecule has 0 saturated heterocycles. The van der Waals surface area contributed by atoms with Crippen molar-refractivity contribution in [2.24, 2.45) is 0 Å². The van der Waals surface area contributed by atoms with Gasteiger partial charge < -0.3 is 19.5 Å². The van der Waals surface area contributed by atoms with E-state index in [1.165, 1.54) is 5.56 Å². The van der Waals surface area contributed by atoms with Crippen LogP contribution in [0.2, 0.25) is 0 Å². The quantitative estimate of drug-likeness (QED) is 0.805. The Kier molecular flexibility index (Phi) is 6.29. The van der Waals surface area contributed by atoms with Gasteiger partial charge in [0.1, 0.15) is 5.75 Å². The normalized spacial score (nSPS) is 10.7. The third-order valence-corrected chi connectivity index (χ3v) is 3.40. The molecular formula is C19H25NO3. The van der Waals surface area contributed by atoms with Crippen LogP contribution in [0, 0.1) is 0 Å². The first-order valence-corrected chi connectivity index (χ1v) is 7.79. The highest BCUT2D eigenvalue weighted by Gasteiger charge is 2.04. The van der Waals surface area contributed by atoms with Gasteiger partial charge in [-0.25, -0.2) is 0 Å². The van der Waals surface area contributed by atoms with Crippen LogP contribution in [-0.4, -0.2) is 20.3 Å². The number of rotatable bonds is 8. The summed E-state index contributed by atoms with van der Waals surface area (Å²) >= 11 is 0. The van der Waals surface area contributed by atoms with Gasteiger partial charge in [0.05, 0.1) is 20.3 Å². The molecule has 0 saturated carbocycles. The molecule has 124 valence electrons. The molecule has 0 aliphatic rings. The number of benzene rings is 2. The van der Waals surface area contributed by atoms with E-state index in [0.717, 1.165) is 35.9 Å². The van der Waals surface area contributed by atoms with Gasteiger partial charge >= 0.3 is 0 Å². The van der Waals surface area contributed by atoms with Crippen LogP contribution in [0.5, 0.6) is 17.2 Å². The third-order valence-electron chi connectivity index (χ3n) is 3.40. The second kappa shape index (κ2) is 8.44. The average Bonchev–Trinajstić information content (AvgIpc) is 2.55. The van der Waals surface area contributed by atoms with Crippen molar-refractivity contribution in [2.45, 2.75) is 33.0 Å². The van der Waals surface area contributed by atoms with Crippen LogP contribution in [0.15, 0.2) is 42.5 Å². The van der Waals surface area contributed by atoms with Gasteiger partial charge in [0, 0.05) is 13.1 Å². The molecule has 2 aromatic rings. The monoisotopic (exact) mass is 315 g/mol. The summed E-state index contributed by atoms with van der Waals surface area (Å²) in [7, 11) is 3.29. The van der Waals surface area contributed by atoms with E-state index in [-0.39, 0.29) is 6.10 Å². The molecule has 0 atom stereocenters. The molecule has 0 fully saturated rings. The zero-order valence-electron chi connectivity index (χ0n) is 14.3. The number of hydrogen-bond donors (Lipinski definition) is 1. The van der Waals surface area contributed by atoms with Gasteiger partial charge in [-0.15, -0.1) is 0 Å². The van der Waals surface area contributed by atoms with Crippen molar-refractivity contribution >= 4 is 0 Å². The molecule has 4 nitrogen and oxygen atoms in total. The first-order chi connectivity index (χ1) is 11.1. The lowest BCUT2D eigenvalue weighted by molar-refractivity contribution is 0.242. The van der Waals surface area contributed by atoms with Crippen molar-refractivity contribution in [3.63, 3.8) is 0 Å². The lowest BCUT2D eigenvalue weighted by atomic mass is 10.2. The summed E-state index contributed by atoms with van der Waals surface area (Å²) in [6.45, 7) is 5.62. The third kappa shape index (κ3) is 5.18. The maximum absolute atomic E-state index is 5.64. The van der Waals surface area contributed by atoms with Crippen LogP contribution in [0.25, 0.3) is 0 Å². The second-order valence-electron chi connectivity index (χ2n) is 5.60. The molecule has 23 heavy (non-hydrogen) atoms. The Labute approximate surface area is 138 Å². The Bertz CT molecular complexity index is 609. The molecule has 4 heteroatoms. The number of hydrogen-bond acceptors (Lipinski definition) is 4. The van der Waals surface area contributed by atoms with Gasteiger partial charge in [-0.3, -0.25) is 0 Å². The summed E-state index contributed by atoms with van der Waals surface area (Å²) in [4.78, 5) is 0. The van der Waals surface area contributed by atoms with Crippen molar-refractivity contribution in [1.29, 1.82) is 0 Å². The van der Waals surface area contributed by atoms with Crippen LogP contribution in [-0.2, 0) is 13.1 Å². The molecule has 0 amide bonds. The Morgan fingerprint density at radius 1 is 0.826 bits per heavy atom. The fourth-order valence-corrected chi connectivity index (χ4v) is 2.30. The van der Waals surface area contributed by atoms with Crippen molar-refractivity contribution in [3.8, 4) is 17.2 Å². The van der Waals surface area contributed by atoms with Crippen molar-refractivity contribution in [3.05, 3.63) is 53.6 Å². The molecular weight excluding hydrogens is 290 g/mol. The average molecular weight is 315 g/mol. The summed E-state index contributed by atoms with van der Waals surface area (Å²) in [5.74, 6) is 2.41. The fourth-order valence-electron chi connectivity index (χ4n) is 2.30. The molecule has 0 heterocycles. The lowest BCUT2D eigenvalue weighted by Gasteiger charge is -2.11. The Balaban J connectivity index is 1.87. The minimum absolute atomic E-state index is 0.198. The van der Waals surface area contributed by atoms with E-state index in [0.29, 0.717) is 0 Å². The van der Waals surface area contributed by atoms with Gasteiger partial charge in [-0.1, -0.05) is 18.2 Å². The highest BCUT2D eigenvalue weighted by Crippen LogP contribution is 2.27. The van der Waals surface area contributed by atoms with Crippen LogP contribution in [0.4, 0.5) is 0 Å². The maximum atomic E-state index is 5.64. The first-order valence-electron chi connectivity index (χ1n) is 7.79. The van der Waals surface area contributed by atoms with Gasteiger partial charge in [0.15, 0.2) is 11.5 Å². The molecule has 0 aromatic heterocycles. The summed E-state index contributed by atoms with van der Waals surface area (Å²) in [5.41, 5.74) is 2.38. The van der Waals surface area contributed by atoms with E-state index in [1.807, 2.05) is 44.2 Å². The molecule has 0 aliphatic carbocycles. The fraction of sp³-hybridized carbons (Fsp3) is 0.368. The lowest BCUT2D eigenvalue weighted by Crippen LogP contribution is -2.13. The van der Waals surface area contributed by atoms with E-state index in [9.17, 15) is 0 Å². The second-order valence-corrected chi connectivity index (χ2v) is 5.60. The summed E-state index contributed by atoms with van der Waals surface area (Å²) in [6.07, 6.45) is 0.198. The van der Waals surface area contributed by atoms with Gasteiger partial charge in [-0.2, -0.15) is 0 Å². The molecule has 0 aliphatic heterocycles. The largest absolute Gasteiger partial charge is 0.493 e. The van der Waals surface area contributed by atoms with Crippen LogP contribution in [0.3, 0.4) is 0 Å². The van der Waals surface area contributed by atoms with Gasteiger partial charge in [0.25, 0.3) is 0 Å². The van der Waals surface area contributed by atoms with Crippen LogP contribution < -0.4 is 19.5 Å². The topological polar surface area (TPSA) is 39.7 Å². The van der Waals surface area contributed by atoms with Crippen LogP contribution >= 0.6 is 0 Å². The highest BCUT2D eigenvalue weighted by atomic mass is 16.5. The smallest absolute Gasteiger partial charge is 0.161 e. The number of ether oxygens (including phenoxy) is 3. The SMILES string of the molecule is COc1ccc(CNCc2ccc(OC(C)C)cc2)cc1OC. The van der Waals surface area contributed by atoms with E-state index in [1.54, 1.807) is 14.2 Å². The molecule has 1 N–H and O–H groups in total. The molecule has 2 aromatic carbocycles. The Morgan fingerprint density at radius 2 is 1.43 bits per heavy atom. The van der Waals surface area contributed by atoms with Gasteiger partial charge in [-0.05, 0) is 49.2 Å². The van der Waals surface area contributed by atoms with E-state index in [4.69, 9.17) is 14.2 Å². The standard InChI is InChI=1S/C19H25NO3/c1-14(2)23-17-8-5-15(6-9-17)12-20-13-16-7-10-18(21-3)19(11-16)22-4/h5-11,14,20H,12-13H2,1-4H3. The molecule has 0 spiro atoms. The molecule has 0 radical (unpaired) electrons. The minimum atomic E-state index is 0.198. The minimum Gasteiger partial charge on any atom is -0.493 e. The Hall–Kier alpha value is -2.20. The molecule has 2 rings (SSSR count). The molecule has 0 bridgehead atoms. The van der Waals surface area contributed by atoms with E-state index >= 15 is 0 Å². The number of nitrogens with one attached hydrogen (secondary N) is 1. The predicted molar refractivity (Wildman–Crippen MR) is 92.3 cm³/mol. The summed E-state index contributed by atoms with van der Waals surface area (Å²) < 4.78 is 16.2. The summed E-state index contributed by atoms with van der Waals surface area (Å²) in [6, 6.07) is 14.1.